The summed E-state index contributed by atoms with van der Waals surface area (Å²) < 4.78 is 54.6. The van der Waals surface area contributed by atoms with Crippen LogP contribution < -0.4 is 16.0 Å². The van der Waals surface area contributed by atoms with Crippen molar-refractivity contribution >= 4 is 29.3 Å². The van der Waals surface area contributed by atoms with E-state index in [0.717, 1.165) is 50.9 Å². The van der Waals surface area contributed by atoms with E-state index in [1.807, 2.05) is 7.05 Å². The van der Waals surface area contributed by atoms with Gasteiger partial charge in [0.1, 0.15) is 23.1 Å². The largest absolute Gasteiger partial charge is 0.378 e. The second-order valence-corrected chi connectivity index (χ2v) is 16.2. The van der Waals surface area contributed by atoms with Gasteiger partial charge in [0.25, 0.3) is 11.8 Å². The molecule has 0 radical (unpaired) electrons. The van der Waals surface area contributed by atoms with E-state index < -0.39 is 58.4 Å². The Morgan fingerprint density at radius 2 is 1.63 bits per heavy atom. The fraction of sp³-hybridized carbons (Fsp3) is 0.535. The van der Waals surface area contributed by atoms with Crippen molar-refractivity contribution in [2.24, 2.45) is 5.92 Å². The number of carbonyl (C=O) groups excluding carboxylic acids is 4. The highest BCUT2D eigenvalue weighted by atomic mass is 19.3. The van der Waals surface area contributed by atoms with Crippen LogP contribution in [0.3, 0.4) is 0 Å². The molecule has 3 aromatic rings. The van der Waals surface area contributed by atoms with Gasteiger partial charge < -0.3 is 30.5 Å². The molecule has 2 saturated heterocycles. The average molecular weight is 819 g/mol. The summed E-state index contributed by atoms with van der Waals surface area (Å²) in [7, 11) is 2.04. The third-order valence-corrected chi connectivity index (χ3v) is 12.2. The second kappa shape index (κ2) is 18.8. The number of hydrogen-bond donors (Lipinski definition) is 3. The summed E-state index contributed by atoms with van der Waals surface area (Å²) in [4.78, 5) is 59.4. The van der Waals surface area contributed by atoms with Gasteiger partial charge in [0, 0.05) is 30.8 Å². The van der Waals surface area contributed by atoms with Gasteiger partial charge in [0.2, 0.25) is 11.8 Å². The molecule has 2 aliphatic heterocycles. The lowest BCUT2D eigenvalue weighted by atomic mass is 9.79. The highest BCUT2D eigenvalue weighted by Gasteiger charge is 2.49. The van der Waals surface area contributed by atoms with Crippen LogP contribution in [0.1, 0.15) is 104 Å². The summed E-state index contributed by atoms with van der Waals surface area (Å²) in [6.07, 6.45) is 7.32. The first-order valence-corrected chi connectivity index (χ1v) is 20.4. The van der Waals surface area contributed by atoms with Gasteiger partial charge in [-0.1, -0.05) is 50.8 Å². The minimum absolute atomic E-state index is 0.0142. The van der Waals surface area contributed by atoms with Gasteiger partial charge in [-0.3, -0.25) is 23.9 Å². The molecule has 1 aromatic heterocycles. The zero-order valence-corrected chi connectivity index (χ0v) is 33.8. The lowest BCUT2D eigenvalue weighted by Gasteiger charge is -2.38. The van der Waals surface area contributed by atoms with E-state index in [4.69, 9.17) is 4.74 Å². The summed E-state index contributed by atoms with van der Waals surface area (Å²) in [5.41, 5.74) is -2.20. The van der Waals surface area contributed by atoms with Crippen molar-refractivity contribution in [3.63, 3.8) is 0 Å². The first-order valence-electron chi connectivity index (χ1n) is 20.4. The number of anilines is 1. The van der Waals surface area contributed by atoms with Crippen molar-refractivity contribution in [3.05, 3.63) is 82.9 Å². The zero-order valence-electron chi connectivity index (χ0n) is 33.8. The van der Waals surface area contributed by atoms with Crippen LogP contribution in [0.2, 0.25) is 0 Å². The second-order valence-electron chi connectivity index (χ2n) is 16.2. The number of halogens is 3. The number of aromatic nitrogens is 2. The average Bonchev–Trinajstić information content (AvgIpc) is 3.57. The third-order valence-electron chi connectivity index (χ3n) is 12.2. The number of amides is 4. The van der Waals surface area contributed by atoms with E-state index >= 15 is 13.2 Å². The first kappa shape index (κ1) is 43.3. The maximum atomic E-state index is 16.1. The molecule has 13 nitrogen and oxygen atoms in total. The van der Waals surface area contributed by atoms with E-state index in [2.05, 4.69) is 25.9 Å². The molecule has 2 aromatic carbocycles. The molecule has 3 fully saturated rings. The summed E-state index contributed by atoms with van der Waals surface area (Å²) in [5.74, 6) is -9.66. The maximum absolute atomic E-state index is 16.1. The molecule has 4 amide bonds. The Bertz CT molecular complexity index is 2030. The van der Waals surface area contributed by atoms with E-state index in [9.17, 15) is 24.4 Å². The SMILES string of the molecule is C[C@@H](c1ccc(NC(=O)[C@](C)(NC(=O)C(F)(F)c2cccc(C#N)c2)C2CCCCCC2)c(F)c1)[C@@H](NC(=O)c1ccnn1C1CCN(C)CC1)C(=O)N1CCOCC1. The number of piperidine rings is 1. The quantitative estimate of drug-likeness (QED) is 0.202. The molecule has 1 aliphatic carbocycles. The molecule has 0 unspecified atom stereocenters. The van der Waals surface area contributed by atoms with Crippen molar-refractivity contribution in [2.75, 3.05) is 51.8 Å². The number of benzene rings is 2. The first-order chi connectivity index (χ1) is 28.2. The number of nitrogens with zero attached hydrogens (tertiary/aromatic N) is 5. The normalized spacial score (nSPS) is 19.4. The Morgan fingerprint density at radius 3 is 2.29 bits per heavy atom. The van der Waals surface area contributed by atoms with E-state index in [0.29, 0.717) is 63.2 Å². The summed E-state index contributed by atoms with van der Waals surface area (Å²) in [6.45, 7) is 6.10. The number of ether oxygens (including phenoxy) is 1. The van der Waals surface area contributed by atoms with Crippen molar-refractivity contribution in [1.82, 2.24) is 30.2 Å². The molecule has 316 valence electrons. The lowest BCUT2D eigenvalue weighted by molar-refractivity contribution is -0.152. The summed E-state index contributed by atoms with van der Waals surface area (Å²) in [5, 5.41) is 21.5. The molecule has 3 heterocycles. The Hall–Kier alpha value is -5.27. The van der Waals surface area contributed by atoms with Crippen molar-refractivity contribution in [3.8, 4) is 6.07 Å². The predicted octanol–water partition coefficient (Wildman–Crippen LogP) is 5.50. The molecule has 0 bridgehead atoms. The van der Waals surface area contributed by atoms with Gasteiger partial charge in [-0.05, 0) is 94.6 Å². The topological polar surface area (TPSA) is 162 Å². The van der Waals surface area contributed by atoms with Gasteiger partial charge >= 0.3 is 5.92 Å². The van der Waals surface area contributed by atoms with Gasteiger partial charge in [0.15, 0.2) is 0 Å². The molecule has 59 heavy (non-hydrogen) atoms. The van der Waals surface area contributed by atoms with Crippen LogP contribution in [0.4, 0.5) is 18.9 Å². The number of hydrogen-bond acceptors (Lipinski definition) is 8. The molecule has 0 spiro atoms. The molecule has 3 aliphatic rings. The fourth-order valence-corrected chi connectivity index (χ4v) is 8.41. The molecule has 3 N–H and O–H groups in total. The molecule has 1 saturated carbocycles. The minimum atomic E-state index is -4.08. The van der Waals surface area contributed by atoms with Gasteiger partial charge in [0.05, 0.1) is 36.6 Å². The number of carbonyl (C=O) groups is 4. The highest BCUT2D eigenvalue weighted by molar-refractivity contribution is 6.01. The lowest BCUT2D eigenvalue weighted by Crippen LogP contribution is -2.61. The number of alkyl halides is 2. The van der Waals surface area contributed by atoms with Crippen LogP contribution in [0.25, 0.3) is 0 Å². The monoisotopic (exact) mass is 818 g/mol. The van der Waals surface area contributed by atoms with Crippen LogP contribution in [-0.2, 0) is 25.0 Å². The van der Waals surface area contributed by atoms with Crippen LogP contribution in [-0.4, -0.2) is 101 Å². The number of likely N-dealkylation sites (tertiary alicyclic amines) is 1. The Morgan fingerprint density at radius 1 is 0.932 bits per heavy atom. The molecular formula is C43H53F3N8O5. The van der Waals surface area contributed by atoms with Crippen molar-refractivity contribution in [2.45, 2.75) is 94.7 Å². The number of nitriles is 1. The van der Waals surface area contributed by atoms with E-state index in [1.165, 1.54) is 37.3 Å². The Kier molecular flexibility index (Phi) is 13.8. The van der Waals surface area contributed by atoms with Gasteiger partial charge in [-0.2, -0.15) is 19.1 Å². The highest BCUT2D eigenvalue weighted by Crippen LogP contribution is 2.36. The number of morpholine rings is 1. The molecule has 6 rings (SSSR count). The Labute approximate surface area is 342 Å². The Balaban J connectivity index is 1.24. The summed E-state index contributed by atoms with van der Waals surface area (Å²) >= 11 is 0. The van der Waals surface area contributed by atoms with Crippen LogP contribution in [0.15, 0.2) is 54.7 Å². The molecule has 16 heteroatoms. The molecular weight excluding hydrogens is 766 g/mol. The zero-order chi connectivity index (χ0) is 42.3. The van der Waals surface area contributed by atoms with Crippen LogP contribution in [0, 0.1) is 23.1 Å². The van der Waals surface area contributed by atoms with Crippen LogP contribution in [0.5, 0.6) is 0 Å². The van der Waals surface area contributed by atoms with Crippen molar-refractivity contribution < 1.29 is 37.1 Å². The number of rotatable bonds is 12. The predicted molar refractivity (Wildman–Crippen MR) is 213 cm³/mol. The number of nitrogens with one attached hydrogen (secondary N) is 3. The standard InChI is InChI=1S/C43H53F3N8O5/c1-28(37(39(56)53-21-23-59-24-22-53)50-38(55)36-15-18-48-54(36)33-16-19-52(3)20-17-33)30-13-14-35(34(44)26-30)49-40(57)42(2,31-10-6-4-5-7-11-31)51-41(58)43(45,46)32-12-8-9-29(25-32)27-47/h8-9,12-15,18,25-26,28,31,33,37H,4-7,10-11,16-17,19-24H2,1-3H3,(H,49,57)(H,50,55)(H,51,58)/t28-,37+,42+/m0/s1. The smallest absolute Gasteiger partial charge is 0.349 e. The summed E-state index contributed by atoms with van der Waals surface area (Å²) in [6, 6.07) is 10.9. The fourth-order valence-electron chi connectivity index (χ4n) is 8.41. The third kappa shape index (κ3) is 9.79. The van der Waals surface area contributed by atoms with Crippen LogP contribution >= 0.6 is 0 Å². The van der Waals surface area contributed by atoms with Gasteiger partial charge in [-0.15, -0.1) is 0 Å². The molecule has 3 atom stereocenters. The maximum Gasteiger partial charge on any atom is 0.349 e. The van der Waals surface area contributed by atoms with Crippen molar-refractivity contribution in [1.29, 1.82) is 5.26 Å². The minimum Gasteiger partial charge on any atom is -0.378 e. The van der Waals surface area contributed by atoms with Gasteiger partial charge in [-0.25, -0.2) is 4.39 Å². The van der Waals surface area contributed by atoms with E-state index in [-0.39, 0.29) is 23.2 Å². The van der Waals surface area contributed by atoms with E-state index in [1.54, 1.807) is 34.8 Å².